The van der Waals surface area contributed by atoms with Crippen LogP contribution in [-0.4, -0.2) is 16.8 Å². The maximum absolute atomic E-state index is 13.3. The molecular weight excluding hydrogens is 313 g/mol. The van der Waals surface area contributed by atoms with E-state index in [1.807, 2.05) is 12.1 Å². The molecule has 0 bridgehead atoms. The quantitative estimate of drug-likeness (QED) is 0.474. The topological polar surface area (TPSA) is 69.4 Å². The molecule has 1 aliphatic carbocycles. The van der Waals surface area contributed by atoms with Crippen LogP contribution in [0, 0.1) is 15.9 Å². The van der Waals surface area contributed by atoms with Crippen LogP contribution in [0.2, 0.25) is 0 Å². The lowest BCUT2D eigenvalue weighted by Gasteiger charge is -2.14. The Kier molecular flexibility index (Phi) is 4.29. The molecule has 0 N–H and O–H groups in total. The summed E-state index contributed by atoms with van der Waals surface area (Å²) in [6, 6.07) is 8.46. The number of carbonyl (C=O) groups excluding carboxylic acids is 1. The molecule has 1 unspecified atom stereocenters. The van der Waals surface area contributed by atoms with Crippen LogP contribution in [0.3, 0.4) is 0 Å². The number of halogens is 1. The van der Waals surface area contributed by atoms with Crippen LogP contribution in [-0.2, 0) is 12.8 Å². The summed E-state index contributed by atoms with van der Waals surface area (Å²) in [5, 5.41) is 11.0. The number of nitro groups is 1. The zero-order valence-corrected chi connectivity index (χ0v) is 13.1. The average Bonchev–Trinajstić information content (AvgIpc) is 3.01. The van der Waals surface area contributed by atoms with Crippen molar-refractivity contribution >= 4 is 11.5 Å². The summed E-state index contributed by atoms with van der Waals surface area (Å²) >= 11 is 0. The van der Waals surface area contributed by atoms with Gasteiger partial charge in [0.25, 0.3) is 0 Å². The second kappa shape index (κ2) is 6.39. The number of Topliss-reactive ketones (excluding diaryl/α,β-unsaturated/α-hetero) is 1. The molecule has 0 heterocycles. The smallest absolute Gasteiger partial charge is 0.311 e. The third kappa shape index (κ3) is 3.13. The number of hydrogen-bond acceptors (Lipinski definition) is 4. The molecule has 0 spiro atoms. The molecule has 0 aromatic heterocycles. The summed E-state index contributed by atoms with van der Waals surface area (Å²) in [7, 11) is 0. The summed E-state index contributed by atoms with van der Waals surface area (Å²) in [6.45, 7) is 1.50. The van der Waals surface area contributed by atoms with Crippen molar-refractivity contribution in [3.05, 3.63) is 69.0 Å². The van der Waals surface area contributed by atoms with Crippen molar-refractivity contribution in [1.82, 2.24) is 0 Å². The van der Waals surface area contributed by atoms with Crippen LogP contribution >= 0.6 is 0 Å². The first kappa shape index (κ1) is 16.1. The Morgan fingerprint density at radius 3 is 2.71 bits per heavy atom. The highest BCUT2D eigenvalue weighted by Gasteiger charge is 2.23. The van der Waals surface area contributed by atoms with Gasteiger partial charge in [0.2, 0.25) is 11.5 Å². The summed E-state index contributed by atoms with van der Waals surface area (Å²) in [6.07, 6.45) is 2.09. The molecule has 1 aliphatic rings. The number of nitrogens with zero attached hydrogens (tertiary/aromatic N) is 1. The number of ketones is 1. The van der Waals surface area contributed by atoms with Crippen molar-refractivity contribution in [2.24, 2.45) is 0 Å². The molecule has 6 heteroatoms. The van der Waals surface area contributed by atoms with Crippen LogP contribution in [0.4, 0.5) is 10.1 Å². The second-order valence-electron chi connectivity index (χ2n) is 5.83. The Morgan fingerprint density at radius 2 is 1.96 bits per heavy atom. The number of carbonyl (C=O) groups is 1. The van der Waals surface area contributed by atoms with Crippen molar-refractivity contribution < 1.29 is 18.8 Å². The molecule has 0 saturated heterocycles. The molecule has 0 amide bonds. The Hall–Kier alpha value is -2.76. The molecule has 0 fully saturated rings. The summed E-state index contributed by atoms with van der Waals surface area (Å²) in [5.41, 5.74) is 2.54. The lowest BCUT2D eigenvalue weighted by Crippen LogP contribution is -2.24. The lowest BCUT2D eigenvalue weighted by molar-refractivity contribution is -0.386. The maximum atomic E-state index is 13.3. The van der Waals surface area contributed by atoms with E-state index in [1.54, 1.807) is 6.07 Å². The number of hydrogen-bond donors (Lipinski definition) is 0. The van der Waals surface area contributed by atoms with E-state index < -0.39 is 16.8 Å². The summed E-state index contributed by atoms with van der Waals surface area (Å²) in [4.78, 5) is 22.9. The van der Waals surface area contributed by atoms with Gasteiger partial charge in [0.1, 0.15) is 5.82 Å². The zero-order chi connectivity index (χ0) is 17.3. The normalized spacial score (nSPS) is 14.1. The van der Waals surface area contributed by atoms with Crippen molar-refractivity contribution in [2.45, 2.75) is 32.3 Å². The molecule has 0 saturated carbocycles. The fourth-order valence-corrected chi connectivity index (χ4v) is 2.94. The molecule has 0 aliphatic heterocycles. The molecule has 24 heavy (non-hydrogen) atoms. The van der Waals surface area contributed by atoms with E-state index in [9.17, 15) is 19.3 Å². The van der Waals surface area contributed by atoms with Gasteiger partial charge >= 0.3 is 5.69 Å². The highest BCUT2D eigenvalue weighted by atomic mass is 19.1. The SMILES string of the molecule is CC(Oc1cc(F)ccc1[N+](=O)[O-])C(=O)c1ccc2c(c1)CCC2. The van der Waals surface area contributed by atoms with E-state index in [4.69, 9.17) is 4.74 Å². The van der Waals surface area contributed by atoms with E-state index in [1.165, 1.54) is 12.5 Å². The predicted molar refractivity (Wildman–Crippen MR) is 85.9 cm³/mol. The van der Waals surface area contributed by atoms with Gasteiger partial charge in [-0.15, -0.1) is 0 Å². The van der Waals surface area contributed by atoms with E-state index in [-0.39, 0.29) is 17.2 Å². The number of benzene rings is 2. The third-order valence-electron chi connectivity index (χ3n) is 4.17. The van der Waals surface area contributed by atoms with Gasteiger partial charge in [0.05, 0.1) is 4.92 Å². The lowest BCUT2D eigenvalue weighted by atomic mass is 10.0. The molecule has 5 nitrogen and oxygen atoms in total. The van der Waals surface area contributed by atoms with Crippen molar-refractivity contribution in [3.63, 3.8) is 0 Å². The minimum atomic E-state index is -0.954. The highest BCUT2D eigenvalue weighted by Crippen LogP contribution is 2.29. The molecule has 1 atom stereocenters. The Bertz CT molecular complexity index is 819. The van der Waals surface area contributed by atoms with Crippen molar-refractivity contribution in [3.8, 4) is 5.75 Å². The van der Waals surface area contributed by atoms with Gasteiger partial charge in [-0.25, -0.2) is 4.39 Å². The van der Waals surface area contributed by atoms with Gasteiger partial charge in [-0.3, -0.25) is 14.9 Å². The Morgan fingerprint density at radius 1 is 1.21 bits per heavy atom. The molecular formula is C18H16FNO4. The number of ether oxygens (including phenoxy) is 1. The molecule has 0 radical (unpaired) electrons. The van der Waals surface area contributed by atoms with Crippen LogP contribution in [0.5, 0.6) is 5.75 Å². The molecule has 2 aromatic carbocycles. The number of fused-ring (bicyclic) bond motifs is 1. The number of rotatable bonds is 5. The minimum absolute atomic E-state index is 0.248. The fourth-order valence-electron chi connectivity index (χ4n) is 2.94. The van der Waals surface area contributed by atoms with Crippen LogP contribution in [0.25, 0.3) is 0 Å². The third-order valence-corrected chi connectivity index (χ3v) is 4.17. The second-order valence-corrected chi connectivity index (χ2v) is 5.83. The molecule has 3 rings (SSSR count). The van der Waals surface area contributed by atoms with Crippen LogP contribution in [0.1, 0.15) is 34.8 Å². The van der Waals surface area contributed by atoms with Crippen LogP contribution < -0.4 is 4.74 Å². The van der Waals surface area contributed by atoms with Gasteiger partial charge < -0.3 is 4.74 Å². The first-order chi connectivity index (χ1) is 11.5. The van der Waals surface area contributed by atoms with Gasteiger partial charge in [-0.1, -0.05) is 12.1 Å². The van der Waals surface area contributed by atoms with E-state index in [2.05, 4.69) is 0 Å². The van der Waals surface area contributed by atoms with Crippen molar-refractivity contribution in [1.29, 1.82) is 0 Å². The first-order valence-corrected chi connectivity index (χ1v) is 7.72. The van der Waals surface area contributed by atoms with E-state index >= 15 is 0 Å². The first-order valence-electron chi connectivity index (χ1n) is 7.72. The van der Waals surface area contributed by atoms with Gasteiger partial charge in [0.15, 0.2) is 6.10 Å². The standard InChI is InChI=1S/C18H16FNO4/c1-11(24-17-10-15(19)7-8-16(17)20(22)23)18(21)14-6-5-12-3-2-4-13(12)9-14/h5-11H,2-4H2,1H3. The molecule has 124 valence electrons. The monoisotopic (exact) mass is 329 g/mol. The van der Waals surface area contributed by atoms with E-state index in [0.29, 0.717) is 5.56 Å². The van der Waals surface area contributed by atoms with Crippen LogP contribution in [0.15, 0.2) is 36.4 Å². The summed E-state index contributed by atoms with van der Waals surface area (Å²) < 4.78 is 18.7. The predicted octanol–water partition coefficient (Wildman–Crippen LogP) is 3.87. The fraction of sp³-hybridized carbons (Fsp3) is 0.278. The average molecular weight is 329 g/mol. The molecule has 2 aromatic rings. The number of aryl methyl sites for hydroxylation is 2. The van der Waals surface area contributed by atoms with Gasteiger partial charge in [-0.05, 0) is 49.4 Å². The van der Waals surface area contributed by atoms with Gasteiger partial charge in [-0.2, -0.15) is 0 Å². The Labute approximate surface area is 138 Å². The maximum Gasteiger partial charge on any atom is 0.311 e. The van der Waals surface area contributed by atoms with Crippen molar-refractivity contribution in [2.75, 3.05) is 0 Å². The zero-order valence-electron chi connectivity index (χ0n) is 13.1. The summed E-state index contributed by atoms with van der Waals surface area (Å²) in [5.74, 6) is -1.20. The van der Waals surface area contributed by atoms with Gasteiger partial charge in [0, 0.05) is 17.7 Å². The van der Waals surface area contributed by atoms with E-state index in [0.717, 1.165) is 43.0 Å². The highest BCUT2D eigenvalue weighted by molar-refractivity contribution is 5.99. The Balaban J connectivity index is 1.82. The number of nitro benzene ring substituents is 1. The minimum Gasteiger partial charge on any atom is -0.475 e. The largest absolute Gasteiger partial charge is 0.475 e.